The first kappa shape index (κ1) is 15.7. The number of thiophene rings is 1. The van der Waals surface area contributed by atoms with Crippen molar-refractivity contribution >= 4 is 23.2 Å². The molecule has 0 fully saturated rings. The van der Waals surface area contributed by atoms with Gasteiger partial charge in [-0.25, -0.2) is 0 Å². The van der Waals surface area contributed by atoms with Crippen LogP contribution in [-0.4, -0.2) is 37.4 Å². The van der Waals surface area contributed by atoms with Crippen LogP contribution in [0.15, 0.2) is 35.7 Å². The Bertz CT molecular complexity index is 727. The van der Waals surface area contributed by atoms with Crippen molar-refractivity contribution in [2.75, 3.05) is 20.6 Å². The highest BCUT2D eigenvalue weighted by atomic mass is 32.1. The van der Waals surface area contributed by atoms with Gasteiger partial charge in [0, 0.05) is 18.3 Å². The lowest BCUT2D eigenvalue weighted by Gasteiger charge is -2.19. The molecule has 2 heterocycles. The molecule has 1 aromatic carbocycles. The highest BCUT2D eigenvalue weighted by Crippen LogP contribution is 2.34. The normalized spacial score (nSPS) is 15.0. The summed E-state index contributed by atoms with van der Waals surface area (Å²) >= 11 is 1.62. The summed E-state index contributed by atoms with van der Waals surface area (Å²) < 4.78 is 6.14. The standard InChI is InChI=1S/C17H18N2O3S/c1-18-9-8-12(14-7-4-10-23-14)22-13-6-3-5-11-15(13)17(21)19(2)16(11)20/h3-7,10,12,18H,8-9H2,1-2H3/t12-/m0/s1. The molecule has 0 saturated carbocycles. The van der Waals surface area contributed by atoms with Crippen molar-refractivity contribution in [1.82, 2.24) is 10.2 Å². The molecular weight excluding hydrogens is 312 g/mol. The molecule has 0 unspecified atom stereocenters. The van der Waals surface area contributed by atoms with Crippen molar-refractivity contribution in [2.24, 2.45) is 0 Å². The van der Waals surface area contributed by atoms with Gasteiger partial charge in [0.15, 0.2) is 0 Å². The molecular formula is C17H18N2O3S. The quantitative estimate of drug-likeness (QED) is 0.828. The number of nitrogens with one attached hydrogen (secondary N) is 1. The van der Waals surface area contributed by atoms with Gasteiger partial charge in [0.25, 0.3) is 11.8 Å². The van der Waals surface area contributed by atoms with Crippen molar-refractivity contribution in [3.8, 4) is 5.75 Å². The molecule has 5 nitrogen and oxygen atoms in total. The molecule has 0 saturated heterocycles. The van der Waals surface area contributed by atoms with Gasteiger partial charge in [0.1, 0.15) is 11.9 Å². The van der Waals surface area contributed by atoms with Crippen LogP contribution in [0, 0.1) is 0 Å². The molecule has 1 aliphatic heterocycles. The van der Waals surface area contributed by atoms with Crippen LogP contribution in [0.4, 0.5) is 0 Å². The number of benzene rings is 1. The summed E-state index contributed by atoms with van der Waals surface area (Å²) in [6.07, 6.45) is 0.626. The average molecular weight is 330 g/mol. The van der Waals surface area contributed by atoms with E-state index < -0.39 is 0 Å². The molecule has 6 heteroatoms. The number of carbonyl (C=O) groups is 2. The summed E-state index contributed by atoms with van der Waals surface area (Å²) in [4.78, 5) is 26.6. The maximum absolute atomic E-state index is 12.3. The van der Waals surface area contributed by atoms with Crippen LogP contribution in [0.25, 0.3) is 0 Å². The van der Waals surface area contributed by atoms with Crippen LogP contribution in [0.2, 0.25) is 0 Å². The maximum Gasteiger partial charge on any atom is 0.265 e. The zero-order valence-corrected chi connectivity index (χ0v) is 13.9. The average Bonchev–Trinajstić information content (AvgIpc) is 3.16. The Morgan fingerprint density at radius 2 is 2.04 bits per heavy atom. The first-order chi connectivity index (χ1) is 11.1. The molecule has 0 bridgehead atoms. The van der Waals surface area contributed by atoms with Crippen molar-refractivity contribution in [2.45, 2.75) is 12.5 Å². The lowest BCUT2D eigenvalue weighted by atomic mass is 10.1. The van der Waals surface area contributed by atoms with E-state index in [4.69, 9.17) is 4.74 Å². The first-order valence-corrected chi connectivity index (χ1v) is 8.31. The second-order valence-corrected chi connectivity index (χ2v) is 6.34. The fourth-order valence-electron chi connectivity index (χ4n) is 2.63. The SMILES string of the molecule is CNCC[C@H](Oc1cccc2c1C(=O)N(C)C2=O)c1cccs1. The highest BCUT2D eigenvalue weighted by molar-refractivity contribution is 7.10. The zero-order valence-electron chi connectivity index (χ0n) is 13.0. The molecule has 23 heavy (non-hydrogen) atoms. The monoisotopic (exact) mass is 330 g/mol. The van der Waals surface area contributed by atoms with E-state index >= 15 is 0 Å². The topological polar surface area (TPSA) is 58.6 Å². The Morgan fingerprint density at radius 1 is 1.22 bits per heavy atom. The molecule has 1 N–H and O–H groups in total. The molecule has 0 radical (unpaired) electrons. The van der Waals surface area contributed by atoms with Gasteiger partial charge in [-0.2, -0.15) is 0 Å². The fourth-order valence-corrected chi connectivity index (χ4v) is 3.42. The van der Waals surface area contributed by atoms with Gasteiger partial charge in [0.2, 0.25) is 0 Å². The van der Waals surface area contributed by atoms with Gasteiger partial charge < -0.3 is 10.1 Å². The van der Waals surface area contributed by atoms with E-state index in [0.717, 1.165) is 22.7 Å². The van der Waals surface area contributed by atoms with Crippen molar-refractivity contribution < 1.29 is 14.3 Å². The number of fused-ring (bicyclic) bond motifs is 1. The van der Waals surface area contributed by atoms with E-state index in [-0.39, 0.29) is 17.9 Å². The lowest BCUT2D eigenvalue weighted by Crippen LogP contribution is -2.24. The van der Waals surface area contributed by atoms with E-state index in [0.29, 0.717) is 16.9 Å². The van der Waals surface area contributed by atoms with Crippen molar-refractivity contribution in [3.63, 3.8) is 0 Å². The number of imide groups is 1. The van der Waals surface area contributed by atoms with Crippen molar-refractivity contribution in [1.29, 1.82) is 0 Å². The number of amides is 2. The Hall–Kier alpha value is -2.18. The highest BCUT2D eigenvalue weighted by Gasteiger charge is 2.36. The maximum atomic E-state index is 12.3. The van der Waals surface area contributed by atoms with Crippen LogP contribution < -0.4 is 10.1 Å². The number of rotatable bonds is 6. The van der Waals surface area contributed by atoms with Gasteiger partial charge in [-0.15, -0.1) is 11.3 Å². The summed E-state index contributed by atoms with van der Waals surface area (Å²) in [6, 6.07) is 9.17. The van der Waals surface area contributed by atoms with Gasteiger partial charge in [0.05, 0.1) is 11.1 Å². The Kier molecular flexibility index (Phi) is 4.45. The number of nitrogens with zero attached hydrogens (tertiary/aromatic N) is 1. The second kappa shape index (κ2) is 6.52. The zero-order chi connectivity index (χ0) is 16.4. The third-order valence-electron chi connectivity index (χ3n) is 3.87. The summed E-state index contributed by atoms with van der Waals surface area (Å²) in [5, 5.41) is 5.12. The van der Waals surface area contributed by atoms with Gasteiger partial charge in [-0.3, -0.25) is 14.5 Å². The molecule has 0 spiro atoms. The molecule has 1 aromatic heterocycles. The van der Waals surface area contributed by atoms with E-state index in [1.54, 1.807) is 29.5 Å². The van der Waals surface area contributed by atoms with Crippen LogP contribution in [0.1, 0.15) is 38.1 Å². The fraction of sp³-hybridized carbons (Fsp3) is 0.294. The smallest absolute Gasteiger partial charge is 0.265 e. The largest absolute Gasteiger partial charge is 0.484 e. The van der Waals surface area contributed by atoms with Crippen LogP contribution in [-0.2, 0) is 0 Å². The predicted octanol–water partition coefficient (Wildman–Crippen LogP) is 2.70. The minimum Gasteiger partial charge on any atom is -0.484 e. The van der Waals surface area contributed by atoms with Crippen LogP contribution >= 0.6 is 11.3 Å². The van der Waals surface area contributed by atoms with E-state index in [1.807, 2.05) is 24.6 Å². The molecule has 1 aliphatic rings. The van der Waals surface area contributed by atoms with Gasteiger partial charge >= 0.3 is 0 Å². The van der Waals surface area contributed by atoms with E-state index in [9.17, 15) is 9.59 Å². The molecule has 1 atom stereocenters. The molecule has 120 valence electrons. The summed E-state index contributed by atoms with van der Waals surface area (Å²) in [7, 11) is 3.38. The lowest BCUT2D eigenvalue weighted by molar-refractivity contribution is 0.0691. The Balaban J connectivity index is 1.93. The Labute approximate surface area is 138 Å². The Morgan fingerprint density at radius 3 is 2.74 bits per heavy atom. The van der Waals surface area contributed by atoms with Gasteiger partial charge in [-0.05, 0) is 37.2 Å². The predicted molar refractivity (Wildman–Crippen MR) is 89.1 cm³/mol. The molecule has 2 amide bonds. The summed E-state index contributed by atoms with van der Waals surface area (Å²) in [5.41, 5.74) is 0.777. The number of hydrogen-bond acceptors (Lipinski definition) is 5. The first-order valence-electron chi connectivity index (χ1n) is 7.43. The van der Waals surface area contributed by atoms with Gasteiger partial charge in [-0.1, -0.05) is 12.1 Å². The van der Waals surface area contributed by atoms with Crippen LogP contribution in [0.5, 0.6) is 5.75 Å². The molecule has 2 aromatic rings. The number of carbonyl (C=O) groups excluding carboxylic acids is 2. The number of ether oxygens (including phenoxy) is 1. The van der Waals surface area contributed by atoms with Crippen LogP contribution in [0.3, 0.4) is 0 Å². The minimum atomic E-state index is -0.306. The minimum absolute atomic E-state index is 0.150. The third kappa shape index (κ3) is 2.87. The van der Waals surface area contributed by atoms with E-state index in [2.05, 4.69) is 5.32 Å². The molecule has 3 rings (SSSR count). The second-order valence-electron chi connectivity index (χ2n) is 5.36. The third-order valence-corrected chi connectivity index (χ3v) is 4.83. The van der Waals surface area contributed by atoms with E-state index in [1.165, 1.54) is 7.05 Å². The number of hydrogen-bond donors (Lipinski definition) is 1. The summed E-state index contributed by atoms with van der Waals surface area (Å²) in [6.45, 7) is 0.796. The molecule has 0 aliphatic carbocycles. The summed E-state index contributed by atoms with van der Waals surface area (Å²) in [5.74, 6) is -0.114. The van der Waals surface area contributed by atoms with Crippen molar-refractivity contribution in [3.05, 3.63) is 51.7 Å².